The van der Waals surface area contributed by atoms with Crippen molar-refractivity contribution in [1.82, 2.24) is 0 Å². The predicted octanol–water partition coefficient (Wildman–Crippen LogP) is 2.92. The summed E-state index contributed by atoms with van der Waals surface area (Å²) in [6.45, 7) is 3.54. The zero-order valence-electron chi connectivity index (χ0n) is 9.58. The van der Waals surface area contributed by atoms with E-state index in [1.807, 2.05) is 6.92 Å². The highest BCUT2D eigenvalue weighted by atomic mass is 35.5. The number of hydrogen-bond acceptors (Lipinski definition) is 2. The van der Waals surface area contributed by atoms with Gasteiger partial charge in [-0.05, 0) is 36.6 Å². The minimum atomic E-state index is -0.818. The summed E-state index contributed by atoms with van der Waals surface area (Å²) in [5.74, 6) is -0.581. The molecule has 88 valence electrons. The monoisotopic (exact) mass is 242 g/mol. The average molecular weight is 243 g/mol. The van der Waals surface area contributed by atoms with Crippen LogP contribution in [0.4, 0.5) is 0 Å². The van der Waals surface area contributed by atoms with Crippen molar-refractivity contribution in [3.05, 3.63) is 28.3 Å². The summed E-state index contributed by atoms with van der Waals surface area (Å²) in [4.78, 5) is 10.8. The van der Waals surface area contributed by atoms with Gasteiger partial charge < -0.3 is 9.84 Å². The van der Waals surface area contributed by atoms with Crippen molar-refractivity contribution in [2.45, 2.75) is 20.3 Å². The number of halogens is 1. The van der Waals surface area contributed by atoms with Gasteiger partial charge in [0.25, 0.3) is 0 Å². The molecule has 0 saturated carbocycles. The van der Waals surface area contributed by atoms with E-state index in [-0.39, 0.29) is 0 Å². The highest BCUT2D eigenvalue weighted by Crippen LogP contribution is 2.30. The van der Waals surface area contributed by atoms with Crippen molar-refractivity contribution in [1.29, 1.82) is 0 Å². The van der Waals surface area contributed by atoms with Crippen molar-refractivity contribution in [3.63, 3.8) is 0 Å². The molecule has 1 atom stereocenters. The van der Waals surface area contributed by atoms with Gasteiger partial charge in [0.05, 0.1) is 13.0 Å². The van der Waals surface area contributed by atoms with Gasteiger partial charge in [-0.15, -0.1) is 0 Å². The SMILES string of the molecule is COc1ccc(Cl)c(C)c1CC(C)C(=O)O. The Kier molecular flexibility index (Phi) is 4.19. The van der Waals surface area contributed by atoms with Crippen LogP contribution in [0.15, 0.2) is 12.1 Å². The van der Waals surface area contributed by atoms with Crippen LogP contribution < -0.4 is 4.74 Å². The Morgan fingerprint density at radius 1 is 1.56 bits per heavy atom. The Bertz CT molecular complexity index is 401. The van der Waals surface area contributed by atoms with Crippen LogP contribution in [-0.2, 0) is 11.2 Å². The van der Waals surface area contributed by atoms with Gasteiger partial charge in [-0.3, -0.25) is 4.79 Å². The molecule has 0 fully saturated rings. The fraction of sp³-hybridized carbons (Fsp3) is 0.417. The minimum Gasteiger partial charge on any atom is -0.496 e. The molecule has 1 unspecified atom stereocenters. The maximum absolute atomic E-state index is 10.8. The first-order chi connectivity index (χ1) is 7.47. The number of carboxylic acids is 1. The smallest absolute Gasteiger partial charge is 0.306 e. The van der Waals surface area contributed by atoms with Gasteiger partial charge in [0, 0.05) is 5.02 Å². The van der Waals surface area contributed by atoms with Crippen molar-refractivity contribution in [2.24, 2.45) is 5.92 Å². The quantitative estimate of drug-likeness (QED) is 0.883. The third kappa shape index (κ3) is 2.67. The van der Waals surface area contributed by atoms with E-state index in [1.165, 1.54) is 0 Å². The van der Waals surface area contributed by atoms with Gasteiger partial charge in [0.15, 0.2) is 0 Å². The maximum atomic E-state index is 10.8. The minimum absolute atomic E-state index is 0.422. The molecule has 4 heteroatoms. The first-order valence-electron chi connectivity index (χ1n) is 5.02. The second-order valence-corrected chi connectivity index (χ2v) is 4.20. The number of carbonyl (C=O) groups is 1. The molecule has 0 spiro atoms. The Balaban J connectivity index is 3.10. The van der Waals surface area contributed by atoms with E-state index < -0.39 is 11.9 Å². The first kappa shape index (κ1) is 12.8. The molecule has 0 aliphatic carbocycles. The van der Waals surface area contributed by atoms with Crippen LogP contribution in [0.2, 0.25) is 5.02 Å². The van der Waals surface area contributed by atoms with E-state index in [1.54, 1.807) is 26.2 Å². The van der Waals surface area contributed by atoms with E-state index in [0.717, 1.165) is 11.1 Å². The van der Waals surface area contributed by atoms with Crippen LogP contribution in [0.1, 0.15) is 18.1 Å². The maximum Gasteiger partial charge on any atom is 0.306 e. The van der Waals surface area contributed by atoms with E-state index in [4.69, 9.17) is 21.4 Å². The lowest BCUT2D eigenvalue weighted by atomic mass is 9.96. The van der Waals surface area contributed by atoms with Gasteiger partial charge in [-0.25, -0.2) is 0 Å². The molecule has 1 aromatic carbocycles. The Morgan fingerprint density at radius 3 is 2.69 bits per heavy atom. The largest absolute Gasteiger partial charge is 0.496 e. The molecule has 0 saturated heterocycles. The number of hydrogen-bond donors (Lipinski definition) is 1. The Hall–Kier alpha value is -1.22. The van der Waals surface area contributed by atoms with Crippen molar-refractivity contribution in [2.75, 3.05) is 7.11 Å². The van der Waals surface area contributed by atoms with Gasteiger partial charge in [0.1, 0.15) is 5.75 Å². The molecular weight excluding hydrogens is 228 g/mol. The summed E-state index contributed by atoms with van der Waals surface area (Å²) in [5.41, 5.74) is 1.75. The number of benzene rings is 1. The standard InChI is InChI=1S/C12H15ClO3/c1-7(12(14)15)6-9-8(2)10(13)4-5-11(9)16-3/h4-5,7H,6H2,1-3H3,(H,14,15). The zero-order chi connectivity index (χ0) is 12.3. The molecule has 1 rings (SSSR count). The molecule has 1 aromatic rings. The van der Waals surface area contributed by atoms with Gasteiger partial charge in [-0.2, -0.15) is 0 Å². The Labute approximate surface area is 100.0 Å². The highest BCUT2D eigenvalue weighted by Gasteiger charge is 2.17. The van der Waals surface area contributed by atoms with Gasteiger partial charge >= 0.3 is 5.97 Å². The number of rotatable bonds is 4. The molecule has 0 heterocycles. The lowest BCUT2D eigenvalue weighted by Crippen LogP contribution is -2.13. The molecule has 0 radical (unpaired) electrons. The molecule has 0 bridgehead atoms. The Morgan fingerprint density at radius 2 is 2.19 bits per heavy atom. The van der Waals surface area contributed by atoms with Crippen LogP contribution in [0.25, 0.3) is 0 Å². The first-order valence-corrected chi connectivity index (χ1v) is 5.40. The topological polar surface area (TPSA) is 46.5 Å². The number of carboxylic acid groups (broad SMARTS) is 1. The molecule has 0 amide bonds. The van der Waals surface area contributed by atoms with E-state index in [2.05, 4.69) is 0 Å². The van der Waals surface area contributed by atoms with Crippen LogP contribution in [0, 0.1) is 12.8 Å². The summed E-state index contributed by atoms with van der Waals surface area (Å²) < 4.78 is 5.21. The van der Waals surface area contributed by atoms with Crippen LogP contribution in [-0.4, -0.2) is 18.2 Å². The molecule has 0 aromatic heterocycles. The zero-order valence-corrected chi connectivity index (χ0v) is 10.3. The summed E-state index contributed by atoms with van der Waals surface area (Å²) in [6.07, 6.45) is 0.422. The van der Waals surface area contributed by atoms with Crippen LogP contribution in [0.3, 0.4) is 0 Å². The highest BCUT2D eigenvalue weighted by molar-refractivity contribution is 6.31. The summed E-state index contributed by atoms with van der Waals surface area (Å²) in [5, 5.41) is 9.53. The van der Waals surface area contributed by atoms with Crippen LogP contribution >= 0.6 is 11.6 Å². The molecule has 16 heavy (non-hydrogen) atoms. The normalized spacial score (nSPS) is 12.2. The summed E-state index contributed by atoms with van der Waals surface area (Å²) in [7, 11) is 1.57. The molecular formula is C12H15ClO3. The van der Waals surface area contributed by atoms with Crippen molar-refractivity contribution >= 4 is 17.6 Å². The number of ether oxygens (including phenoxy) is 1. The number of aliphatic carboxylic acids is 1. The molecule has 3 nitrogen and oxygen atoms in total. The average Bonchev–Trinajstić information content (AvgIpc) is 2.25. The van der Waals surface area contributed by atoms with E-state index >= 15 is 0 Å². The van der Waals surface area contributed by atoms with Crippen LogP contribution in [0.5, 0.6) is 5.75 Å². The molecule has 0 aliphatic rings. The molecule has 1 N–H and O–H groups in total. The predicted molar refractivity (Wildman–Crippen MR) is 63.2 cm³/mol. The van der Waals surface area contributed by atoms with Crippen molar-refractivity contribution in [3.8, 4) is 5.75 Å². The summed E-state index contributed by atoms with van der Waals surface area (Å²) >= 11 is 6.00. The fourth-order valence-electron chi connectivity index (χ4n) is 1.54. The third-order valence-electron chi connectivity index (χ3n) is 2.64. The lowest BCUT2D eigenvalue weighted by molar-refractivity contribution is -0.141. The lowest BCUT2D eigenvalue weighted by Gasteiger charge is -2.14. The van der Waals surface area contributed by atoms with Gasteiger partial charge in [-0.1, -0.05) is 18.5 Å². The third-order valence-corrected chi connectivity index (χ3v) is 3.05. The molecule has 0 aliphatic heterocycles. The number of methoxy groups -OCH3 is 1. The fourth-order valence-corrected chi connectivity index (χ4v) is 1.72. The van der Waals surface area contributed by atoms with E-state index in [9.17, 15) is 4.79 Å². The van der Waals surface area contributed by atoms with Crippen molar-refractivity contribution < 1.29 is 14.6 Å². The van der Waals surface area contributed by atoms with Gasteiger partial charge in [0.2, 0.25) is 0 Å². The second kappa shape index (κ2) is 5.21. The summed E-state index contributed by atoms with van der Waals surface area (Å²) in [6, 6.07) is 3.52. The second-order valence-electron chi connectivity index (χ2n) is 3.80. The van der Waals surface area contributed by atoms with E-state index in [0.29, 0.717) is 17.2 Å².